The molecule has 236 valence electrons. The van der Waals surface area contributed by atoms with Gasteiger partial charge in [0.2, 0.25) is 0 Å². The molecule has 0 aromatic carbocycles. The first-order valence-electron chi connectivity index (χ1n) is 15.8. The lowest BCUT2D eigenvalue weighted by atomic mass is 9.84. The molecule has 1 saturated heterocycles. The summed E-state index contributed by atoms with van der Waals surface area (Å²) < 4.78 is 37.4. The van der Waals surface area contributed by atoms with Gasteiger partial charge in [-0.3, -0.25) is 0 Å². The molecule has 0 radical (unpaired) electrons. The first kappa shape index (κ1) is 40.6. The zero-order valence-corrected chi connectivity index (χ0v) is 27.5. The van der Waals surface area contributed by atoms with Gasteiger partial charge in [0.15, 0.2) is 0 Å². The molecule has 1 aliphatic carbocycles. The predicted octanol–water partition coefficient (Wildman–Crippen LogP) is 9.92. The van der Waals surface area contributed by atoms with Crippen LogP contribution in [0.15, 0.2) is 47.7 Å². The Morgan fingerprint density at radius 3 is 1.98 bits per heavy atom. The molecule has 0 aromatic heterocycles. The average Bonchev–Trinajstić information content (AvgIpc) is 2.92. The van der Waals surface area contributed by atoms with Crippen molar-refractivity contribution in [3.63, 3.8) is 0 Å². The monoisotopic (exact) mass is 572 g/mol. The maximum absolute atomic E-state index is 12.5. The highest BCUT2D eigenvalue weighted by molar-refractivity contribution is 5.36. The Morgan fingerprint density at radius 1 is 1.02 bits per heavy atom. The maximum Gasteiger partial charge on any atom is 0.418 e. The van der Waals surface area contributed by atoms with Gasteiger partial charge in [-0.15, -0.1) is 0 Å². The largest absolute Gasteiger partial charge is 0.418 e. The molecule has 2 aliphatic rings. The van der Waals surface area contributed by atoms with Crippen LogP contribution in [-0.2, 0) is 0 Å². The summed E-state index contributed by atoms with van der Waals surface area (Å²) >= 11 is 0. The fourth-order valence-electron chi connectivity index (χ4n) is 4.77. The Bertz CT molecular complexity index is 704. The molecule has 6 heteroatoms. The summed E-state index contributed by atoms with van der Waals surface area (Å²) in [4.78, 5) is 5.00. The molecular formula is C34H64F3N3. The molecule has 0 amide bonds. The minimum absolute atomic E-state index is 0.466. The van der Waals surface area contributed by atoms with E-state index in [1.54, 1.807) is 13.0 Å². The van der Waals surface area contributed by atoms with Crippen LogP contribution < -0.4 is 5.73 Å². The number of halogens is 3. The van der Waals surface area contributed by atoms with Gasteiger partial charge in [0, 0.05) is 11.7 Å². The van der Waals surface area contributed by atoms with Crippen LogP contribution >= 0.6 is 0 Å². The number of hydrogen-bond donors (Lipinski definition) is 1. The van der Waals surface area contributed by atoms with Crippen LogP contribution in [0.1, 0.15) is 113 Å². The van der Waals surface area contributed by atoms with Gasteiger partial charge in [-0.05, 0) is 117 Å². The van der Waals surface area contributed by atoms with Gasteiger partial charge in [-0.2, -0.15) is 13.2 Å². The Kier molecular flexibility index (Phi) is 24.5. The van der Waals surface area contributed by atoms with Crippen LogP contribution in [0.3, 0.4) is 0 Å². The lowest BCUT2D eigenvalue weighted by Crippen LogP contribution is -2.33. The summed E-state index contributed by atoms with van der Waals surface area (Å²) in [6.07, 6.45) is 15.2. The second kappa shape index (κ2) is 24.1. The molecule has 1 heterocycles. The van der Waals surface area contributed by atoms with Gasteiger partial charge in [0.05, 0.1) is 5.57 Å². The predicted molar refractivity (Wildman–Crippen MR) is 171 cm³/mol. The van der Waals surface area contributed by atoms with Crippen LogP contribution in [0, 0.1) is 11.8 Å². The number of likely N-dealkylation sites (tertiary alicyclic amines) is 1. The van der Waals surface area contributed by atoms with E-state index in [1.807, 2.05) is 32.9 Å². The highest BCUT2D eigenvalue weighted by atomic mass is 19.4. The normalized spacial score (nSPS) is 21.1. The smallest absolute Gasteiger partial charge is 0.399 e. The third-order valence-corrected chi connectivity index (χ3v) is 7.66. The first-order valence-corrected chi connectivity index (χ1v) is 15.8. The van der Waals surface area contributed by atoms with Gasteiger partial charge in [-0.1, -0.05) is 77.8 Å². The van der Waals surface area contributed by atoms with Crippen molar-refractivity contribution in [2.75, 3.05) is 33.7 Å². The lowest BCUT2D eigenvalue weighted by Gasteiger charge is -2.32. The number of hydrogen-bond acceptors (Lipinski definition) is 3. The molecule has 1 saturated carbocycles. The summed E-state index contributed by atoms with van der Waals surface area (Å²) in [5.74, 6) is 2.01. The van der Waals surface area contributed by atoms with E-state index in [-0.39, 0.29) is 0 Å². The Labute approximate surface area is 246 Å². The van der Waals surface area contributed by atoms with Gasteiger partial charge >= 0.3 is 6.18 Å². The highest BCUT2D eigenvalue weighted by Crippen LogP contribution is 2.30. The number of alkyl halides is 3. The molecule has 0 aromatic rings. The molecule has 0 unspecified atom stereocenters. The molecule has 2 fully saturated rings. The number of nitrogens with two attached hydrogens (primary N) is 1. The minimum atomic E-state index is -4.46. The fraction of sp³-hybridized carbons (Fsp3) is 0.765. The summed E-state index contributed by atoms with van der Waals surface area (Å²) in [6.45, 7) is 21.6. The zero-order chi connectivity index (χ0) is 31.1. The Hall–Kier alpha value is -1.53. The number of unbranched alkanes of at least 4 members (excludes halogenated alkanes) is 1. The van der Waals surface area contributed by atoms with Crippen molar-refractivity contribution in [3.05, 3.63) is 47.7 Å². The summed E-state index contributed by atoms with van der Waals surface area (Å²) in [6, 6.07) is 0.873. The Balaban J connectivity index is 0. The van der Waals surface area contributed by atoms with Crippen molar-refractivity contribution in [2.45, 2.75) is 125 Å². The second-order valence-corrected chi connectivity index (χ2v) is 11.3. The van der Waals surface area contributed by atoms with Crippen molar-refractivity contribution in [1.82, 2.24) is 9.80 Å². The standard InChI is InChI=1S/C12H16F3N.2C10H21N.C2H6/c1-4-5-6-7-9(2)8-11(10(3)16)12(13,14)15;1-4-9-5-7-10(8-6-9)11(2)3;1-3-4-7-11-8-5-10(2)6-9-11;1-2/h4-5,7-8H,3,6,16H2,1-2H3;9-10H,4-8H2,1-3H3;10H,3-9H2,1-2H3;1-2H3/b5-4+,9-7-,11-8+;;;. The van der Waals surface area contributed by atoms with Crippen LogP contribution in [0.5, 0.6) is 0 Å². The highest BCUT2D eigenvalue weighted by Gasteiger charge is 2.34. The third-order valence-electron chi connectivity index (χ3n) is 7.66. The summed E-state index contributed by atoms with van der Waals surface area (Å²) in [5.41, 5.74) is 4.26. The van der Waals surface area contributed by atoms with E-state index in [2.05, 4.69) is 51.2 Å². The van der Waals surface area contributed by atoms with Crippen molar-refractivity contribution < 1.29 is 13.2 Å². The van der Waals surface area contributed by atoms with Crippen molar-refractivity contribution in [1.29, 1.82) is 0 Å². The average molecular weight is 572 g/mol. The SMILES string of the molecule is C=C(N)/C(=C\C(C)=C/C/C=C/C)C(F)(F)F.CC.CCC1CCC(N(C)C)CC1.CCCCN1CCC(C)CC1. The van der Waals surface area contributed by atoms with Gasteiger partial charge in [-0.25, -0.2) is 0 Å². The maximum atomic E-state index is 12.5. The van der Waals surface area contributed by atoms with Crippen LogP contribution in [-0.4, -0.2) is 55.7 Å². The van der Waals surface area contributed by atoms with Gasteiger partial charge < -0.3 is 15.5 Å². The number of allylic oxidation sites excluding steroid dienone is 6. The molecule has 1 aliphatic heterocycles. The van der Waals surface area contributed by atoms with E-state index in [0.717, 1.165) is 24.0 Å². The van der Waals surface area contributed by atoms with E-state index in [1.165, 1.54) is 77.4 Å². The third kappa shape index (κ3) is 20.4. The molecule has 40 heavy (non-hydrogen) atoms. The molecule has 3 nitrogen and oxygen atoms in total. The molecular weight excluding hydrogens is 507 g/mol. The first-order chi connectivity index (χ1) is 18.8. The van der Waals surface area contributed by atoms with Crippen molar-refractivity contribution >= 4 is 0 Å². The summed E-state index contributed by atoms with van der Waals surface area (Å²) in [7, 11) is 4.41. The van der Waals surface area contributed by atoms with E-state index in [9.17, 15) is 13.2 Å². The quantitative estimate of drug-likeness (QED) is 0.221. The number of piperidine rings is 1. The number of rotatable bonds is 9. The molecule has 0 spiro atoms. The van der Waals surface area contributed by atoms with Crippen LogP contribution in [0.4, 0.5) is 13.2 Å². The zero-order valence-electron chi connectivity index (χ0n) is 27.5. The van der Waals surface area contributed by atoms with E-state index in [0.29, 0.717) is 12.0 Å². The molecule has 2 rings (SSSR count). The topological polar surface area (TPSA) is 32.5 Å². The lowest BCUT2D eigenvalue weighted by molar-refractivity contribution is -0.0894. The molecule has 0 atom stereocenters. The van der Waals surface area contributed by atoms with E-state index >= 15 is 0 Å². The van der Waals surface area contributed by atoms with Crippen LogP contribution in [0.25, 0.3) is 0 Å². The van der Waals surface area contributed by atoms with Gasteiger partial charge in [0.25, 0.3) is 0 Å². The fourth-order valence-corrected chi connectivity index (χ4v) is 4.77. The Morgan fingerprint density at radius 2 is 1.57 bits per heavy atom. The second-order valence-electron chi connectivity index (χ2n) is 11.3. The molecule has 0 bridgehead atoms. The van der Waals surface area contributed by atoms with Crippen LogP contribution in [0.2, 0.25) is 0 Å². The minimum Gasteiger partial charge on any atom is -0.399 e. The van der Waals surface area contributed by atoms with Crippen molar-refractivity contribution in [3.8, 4) is 0 Å². The van der Waals surface area contributed by atoms with E-state index < -0.39 is 17.4 Å². The summed E-state index contributed by atoms with van der Waals surface area (Å²) in [5, 5.41) is 0. The van der Waals surface area contributed by atoms with Crippen molar-refractivity contribution in [2.24, 2.45) is 17.6 Å². The number of nitrogens with zero attached hydrogens (tertiary/aromatic N) is 2. The van der Waals surface area contributed by atoms with Gasteiger partial charge in [0.1, 0.15) is 0 Å². The molecule has 2 N–H and O–H groups in total. The van der Waals surface area contributed by atoms with E-state index in [4.69, 9.17) is 5.73 Å².